The van der Waals surface area contributed by atoms with Crippen LogP contribution >= 0.6 is 0 Å². The summed E-state index contributed by atoms with van der Waals surface area (Å²) < 4.78 is 4.69. The van der Waals surface area contributed by atoms with Gasteiger partial charge in [-0.1, -0.05) is 19.4 Å². The van der Waals surface area contributed by atoms with E-state index in [-0.39, 0.29) is 23.7 Å². The molecule has 0 aliphatic heterocycles. The highest BCUT2D eigenvalue weighted by molar-refractivity contribution is 5.95. The Balaban J connectivity index is 1.83. The van der Waals surface area contributed by atoms with Crippen molar-refractivity contribution >= 4 is 23.5 Å². The summed E-state index contributed by atoms with van der Waals surface area (Å²) in [5.41, 5.74) is 0.982. The van der Waals surface area contributed by atoms with Crippen LogP contribution in [0.5, 0.6) is 0 Å². The third kappa shape index (κ3) is 5.58. The number of methoxy groups -OCH3 is 1. The summed E-state index contributed by atoms with van der Waals surface area (Å²) in [6.07, 6.45) is 4.93. The van der Waals surface area contributed by atoms with E-state index in [2.05, 4.69) is 17.6 Å². The minimum Gasteiger partial charge on any atom is -0.465 e. The fourth-order valence-electron chi connectivity index (χ4n) is 3.24. The molecule has 1 aliphatic rings. The number of amides is 2. The van der Waals surface area contributed by atoms with Crippen LogP contribution in [-0.4, -0.2) is 31.4 Å². The van der Waals surface area contributed by atoms with Gasteiger partial charge < -0.3 is 15.4 Å². The van der Waals surface area contributed by atoms with Crippen LogP contribution in [-0.2, 0) is 14.3 Å². The maximum absolute atomic E-state index is 12.5. The molecule has 1 saturated carbocycles. The van der Waals surface area contributed by atoms with Gasteiger partial charge in [-0.05, 0) is 50.3 Å². The van der Waals surface area contributed by atoms with E-state index in [4.69, 9.17) is 4.74 Å². The second-order valence-corrected chi connectivity index (χ2v) is 6.75. The number of unbranched alkanes of at least 4 members (excludes halogenated alkanes) is 1. The summed E-state index contributed by atoms with van der Waals surface area (Å²) in [6.45, 7) is 2.82. The molecule has 1 aliphatic carbocycles. The van der Waals surface area contributed by atoms with Gasteiger partial charge in [0, 0.05) is 24.1 Å². The first-order valence-corrected chi connectivity index (χ1v) is 9.32. The average molecular weight is 360 g/mol. The van der Waals surface area contributed by atoms with Crippen molar-refractivity contribution in [1.82, 2.24) is 5.32 Å². The predicted octanol–water partition coefficient (Wildman–Crippen LogP) is 3.13. The summed E-state index contributed by atoms with van der Waals surface area (Å²) in [6, 6.07) is 6.71. The van der Waals surface area contributed by atoms with Gasteiger partial charge in [0.05, 0.1) is 12.7 Å². The second kappa shape index (κ2) is 9.94. The number of hydrogen-bond donors (Lipinski definition) is 2. The Bertz CT molecular complexity index is 636. The van der Waals surface area contributed by atoms with Crippen molar-refractivity contribution in [2.24, 2.45) is 11.8 Å². The molecule has 2 rings (SSSR count). The summed E-state index contributed by atoms with van der Waals surface area (Å²) in [4.78, 5) is 36.2. The Morgan fingerprint density at radius 3 is 2.35 bits per heavy atom. The number of carbonyl (C=O) groups is 3. The molecule has 0 aromatic heterocycles. The lowest BCUT2D eigenvalue weighted by Crippen LogP contribution is -2.35. The third-order valence-corrected chi connectivity index (χ3v) is 4.85. The number of anilines is 1. The van der Waals surface area contributed by atoms with E-state index in [0.29, 0.717) is 24.1 Å². The zero-order valence-electron chi connectivity index (χ0n) is 15.5. The smallest absolute Gasteiger partial charge is 0.337 e. The molecule has 2 N–H and O–H groups in total. The molecule has 1 aromatic rings. The van der Waals surface area contributed by atoms with Gasteiger partial charge in [0.1, 0.15) is 0 Å². The number of benzene rings is 1. The highest BCUT2D eigenvalue weighted by atomic mass is 16.5. The molecular formula is C20H28N2O4. The van der Waals surface area contributed by atoms with E-state index < -0.39 is 5.97 Å². The van der Waals surface area contributed by atoms with Crippen LogP contribution in [0.3, 0.4) is 0 Å². The van der Waals surface area contributed by atoms with Crippen LogP contribution in [0.15, 0.2) is 24.3 Å². The van der Waals surface area contributed by atoms with E-state index in [9.17, 15) is 14.4 Å². The summed E-state index contributed by atoms with van der Waals surface area (Å²) in [7, 11) is 1.32. The van der Waals surface area contributed by atoms with Gasteiger partial charge >= 0.3 is 5.97 Å². The quantitative estimate of drug-likeness (QED) is 0.578. The van der Waals surface area contributed by atoms with Crippen molar-refractivity contribution in [1.29, 1.82) is 0 Å². The van der Waals surface area contributed by atoms with Gasteiger partial charge in [-0.3, -0.25) is 9.59 Å². The molecule has 1 fully saturated rings. The molecule has 0 heterocycles. The molecule has 0 atom stereocenters. The van der Waals surface area contributed by atoms with Crippen LogP contribution in [0.25, 0.3) is 0 Å². The Morgan fingerprint density at radius 2 is 1.73 bits per heavy atom. The molecule has 26 heavy (non-hydrogen) atoms. The van der Waals surface area contributed by atoms with E-state index in [1.165, 1.54) is 7.11 Å². The van der Waals surface area contributed by atoms with Crippen LogP contribution in [0, 0.1) is 11.8 Å². The monoisotopic (exact) mass is 360 g/mol. The summed E-state index contributed by atoms with van der Waals surface area (Å²) >= 11 is 0. The first-order valence-electron chi connectivity index (χ1n) is 9.32. The van der Waals surface area contributed by atoms with Gasteiger partial charge in [0.2, 0.25) is 11.8 Å². The maximum Gasteiger partial charge on any atom is 0.337 e. The molecule has 0 radical (unpaired) electrons. The molecule has 2 amide bonds. The lowest BCUT2D eigenvalue weighted by Gasteiger charge is -2.27. The summed E-state index contributed by atoms with van der Waals surface area (Å²) in [5.74, 6) is -0.467. The first kappa shape index (κ1) is 19.9. The maximum atomic E-state index is 12.5. The Hall–Kier alpha value is -2.37. The number of carbonyl (C=O) groups excluding carboxylic acids is 3. The molecule has 142 valence electrons. The lowest BCUT2D eigenvalue weighted by molar-refractivity contribution is -0.128. The van der Waals surface area contributed by atoms with E-state index >= 15 is 0 Å². The van der Waals surface area contributed by atoms with Crippen molar-refractivity contribution in [2.75, 3.05) is 19.0 Å². The zero-order valence-corrected chi connectivity index (χ0v) is 15.5. The van der Waals surface area contributed by atoms with Gasteiger partial charge in [-0.2, -0.15) is 0 Å². The SMILES string of the molecule is CCCCNC(=O)C1CCC(C(=O)Nc2cccc(C(=O)OC)c2)CC1. The number of rotatable bonds is 7. The van der Waals surface area contributed by atoms with Crippen molar-refractivity contribution in [3.05, 3.63) is 29.8 Å². The van der Waals surface area contributed by atoms with Gasteiger partial charge in [-0.15, -0.1) is 0 Å². The minimum absolute atomic E-state index is 0.0126. The topological polar surface area (TPSA) is 84.5 Å². The molecule has 6 heteroatoms. The third-order valence-electron chi connectivity index (χ3n) is 4.85. The molecule has 0 saturated heterocycles. The number of esters is 1. The van der Waals surface area contributed by atoms with E-state index in [1.807, 2.05) is 0 Å². The molecule has 0 spiro atoms. The van der Waals surface area contributed by atoms with Crippen LogP contribution in [0.4, 0.5) is 5.69 Å². The summed E-state index contributed by atoms with van der Waals surface area (Å²) in [5, 5.41) is 5.85. The van der Waals surface area contributed by atoms with Gasteiger partial charge in [0.15, 0.2) is 0 Å². The normalized spacial score (nSPS) is 19.5. The van der Waals surface area contributed by atoms with Crippen molar-refractivity contribution < 1.29 is 19.1 Å². The van der Waals surface area contributed by atoms with Crippen LogP contribution < -0.4 is 10.6 Å². The van der Waals surface area contributed by atoms with Crippen molar-refractivity contribution in [2.45, 2.75) is 45.4 Å². The molecular weight excluding hydrogens is 332 g/mol. The predicted molar refractivity (Wildman–Crippen MR) is 99.8 cm³/mol. The molecule has 1 aromatic carbocycles. The fraction of sp³-hybridized carbons (Fsp3) is 0.550. The fourth-order valence-corrected chi connectivity index (χ4v) is 3.24. The van der Waals surface area contributed by atoms with Crippen molar-refractivity contribution in [3.63, 3.8) is 0 Å². The Labute approximate surface area is 154 Å². The molecule has 0 unspecified atom stereocenters. The largest absolute Gasteiger partial charge is 0.465 e. The van der Waals surface area contributed by atoms with Gasteiger partial charge in [0.25, 0.3) is 0 Å². The first-order chi connectivity index (χ1) is 12.5. The van der Waals surface area contributed by atoms with Crippen LogP contribution in [0.1, 0.15) is 55.8 Å². The van der Waals surface area contributed by atoms with Crippen molar-refractivity contribution in [3.8, 4) is 0 Å². The Kier molecular flexibility index (Phi) is 7.63. The standard InChI is InChI=1S/C20H28N2O4/c1-3-4-12-21-18(23)14-8-10-15(11-9-14)19(24)22-17-7-5-6-16(13-17)20(25)26-2/h5-7,13-15H,3-4,8-12H2,1-2H3,(H,21,23)(H,22,24). The number of hydrogen-bond acceptors (Lipinski definition) is 4. The Morgan fingerprint density at radius 1 is 1.08 bits per heavy atom. The lowest BCUT2D eigenvalue weighted by atomic mass is 9.81. The zero-order chi connectivity index (χ0) is 18.9. The minimum atomic E-state index is -0.435. The van der Waals surface area contributed by atoms with E-state index in [1.54, 1.807) is 24.3 Å². The highest BCUT2D eigenvalue weighted by Gasteiger charge is 2.29. The van der Waals surface area contributed by atoms with Gasteiger partial charge in [-0.25, -0.2) is 4.79 Å². The molecule has 0 bridgehead atoms. The number of nitrogens with one attached hydrogen (secondary N) is 2. The van der Waals surface area contributed by atoms with Crippen LogP contribution in [0.2, 0.25) is 0 Å². The molecule has 6 nitrogen and oxygen atoms in total. The van der Waals surface area contributed by atoms with E-state index in [0.717, 1.165) is 32.2 Å². The highest BCUT2D eigenvalue weighted by Crippen LogP contribution is 2.30. The second-order valence-electron chi connectivity index (χ2n) is 6.75. The average Bonchev–Trinajstić information content (AvgIpc) is 2.67. The number of ether oxygens (including phenoxy) is 1.